The van der Waals surface area contributed by atoms with Crippen LogP contribution >= 0.6 is 0 Å². The van der Waals surface area contributed by atoms with E-state index < -0.39 is 0 Å². The summed E-state index contributed by atoms with van der Waals surface area (Å²) < 4.78 is 0. The molecule has 1 nitrogen and oxygen atoms in total. The molecule has 102 valence electrons. The third-order valence-corrected chi connectivity index (χ3v) is 4.32. The molecule has 0 saturated carbocycles. The average Bonchev–Trinajstić information content (AvgIpc) is 2.36. The highest BCUT2D eigenvalue weighted by atomic mass is 16.2. The zero-order valence-electron chi connectivity index (χ0n) is 12.5. The lowest BCUT2D eigenvalue weighted by Gasteiger charge is -2.41. The van der Waals surface area contributed by atoms with E-state index in [1.165, 1.54) is 24.0 Å². The lowest BCUT2D eigenvalue weighted by atomic mass is 9.63. The van der Waals surface area contributed by atoms with Gasteiger partial charge < -0.3 is 5.11 Å². The van der Waals surface area contributed by atoms with E-state index in [2.05, 4.69) is 57.7 Å². The third-order valence-electron chi connectivity index (χ3n) is 4.32. The summed E-state index contributed by atoms with van der Waals surface area (Å²) in [6.45, 7) is 9.45. The maximum absolute atomic E-state index is 8.79. The van der Waals surface area contributed by atoms with Crippen molar-refractivity contribution in [1.82, 2.24) is 0 Å². The van der Waals surface area contributed by atoms with Crippen LogP contribution in [-0.2, 0) is 10.8 Å². The van der Waals surface area contributed by atoms with Crippen molar-refractivity contribution in [3.05, 3.63) is 34.9 Å². The molecule has 0 aliphatic heterocycles. The van der Waals surface area contributed by atoms with Crippen LogP contribution in [0.5, 0.6) is 0 Å². The molecule has 0 heterocycles. The van der Waals surface area contributed by atoms with Gasteiger partial charge in [-0.25, -0.2) is 0 Å². The summed E-state index contributed by atoms with van der Waals surface area (Å²) in [6.07, 6.45) is 3.01. The van der Waals surface area contributed by atoms with Gasteiger partial charge in [0, 0.05) is 12.0 Å². The number of hydrogen-bond donors (Lipinski definition) is 1. The highest BCUT2D eigenvalue weighted by Crippen LogP contribution is 2.45. The fraction of sp³-hybridized carbons (Fsp3) is 0.556. The SMILES string of the molecule is CC1(C)CCC(C)(C)c2cc(C#CCCO)ccc21. The molecule has 0 spiro atoms. The molecule has 0 saturated heterocycles. The minimum atomic E-state index is 0.135. The van der Waals surface area contributed by atoms with E-state index in [0.717, 1.165) is 5.56 Å². The Morgan fingerprint density at radius 3 is 2.32 bits per heavy atom. The number of benzene rings is 1. The molecular weight excluding hydrogens is 232 g/mol. The highest BCUT2D eigenvalue weighted by Gasteiger charge is 2.36. The van der Waals surface area contributed by atoms with E-state index in [1.54, 1.807) is 0 Å². The van der Waals surface area contributed by atoms with Crippen LogP contribution < -0.4 is 0 Å². The molecule has 0 radical (unpaired) electrons. The van der Waals surface area contributed by atoms with E-state index in [0.29, 0.717) is 6.42 Å². The predicted molar refractivity (Wildman–Crippen MR) is 80.3 cm³/mol. The Kier molecular flexibility index (Phi) is 3.74. The van der Waals surface area contributed by atoms with Crippen LogP contribution in [-0.4, -0.2) is 11.7 Å². The molecular formula is C18H24O. The van der Waals surface area contributed by atoms with E-state index in [4.69, 9.17) is 5.11 Å². The first-order chi connectivity index (χ1) is 8.87. The van der Waals surface area contributed by atoms with Crippen LogP contribution in [0.4, 0.5) is 0 Å². The molecule has 1 N–H and O–H groups in total. The van der Waals surface area contributed by atoms with Gasteiger partial charge in [-0.3, -0.25) is 0 Å². The normalized spacial score (nSPS) is 19.2. The molecule has 0 bridgehead atoms. The first kappa shape index (κ1) is 14.2. The molecule has 2 rings (SSSR count). The van der Waals surface area contributed by atoms with Gasteiger partial charge in [-0.15, -0.1) is 0 Å². The van der Waals surface area contributed by atoms with Crippen LogP contribution in [0.2, 0.25) is 0 Å². The van der Waals surface area contributed by atoms with Crippen molar-refractivity contribution in [1.29, 1.82) is 0 Å². The number of aliphatic hydroxyl groups is 1. The van der Waals surface area contributed by atoms with Crippen LogP contribution in [0.1, 0.15) is 63.6 Å². The van der Waals surface area contributed by atoms with E-state index in [9.17, 15) is 0 Å². The fourth-order valence-electron chi connectivity index (χ4n) is 2.89. The lowest BCUT2D eigenvalue weighted by Crippen LogP contribution is -2.33. The second kappa shape index (κ2) is 5.02. The van der Waals surface area contributed by atoms with Crippen LogP contribution in [0.3, 0.4) is 0 Å². The van der Waals surface area contributed by atoms with Gasteiger partial charge in [0.2, 0.25) is 0 Å². The minimum Gasteiger partial charge on any atom is -0.395 e. The monoisotopic (exact) mass is 256 g/mol. The number of rotatable bonds is 1. The van der Waals surface area contributed by atoms with E-state index >= 15 is 0 Å². The highest BCUT2D eigenvalue weighted by molar-refractivity contribution is 5.48. The van der Waals surface area contributed by atoms with Gasteiger partial charge in [0.25, 0.3) is 0 Å². The summed E-state index contributed by atoms with van der Waals surface area (Å²) in [5.74, 6) is 6.16. The maximum atomic E-state index is 8.79. The zero-order chi connectivity index (χ0) is 14.1. The Hall–Kier alpha value is -1.26. The van der Waals surface area contributed by atoms with Crippen molar-refractivity contribution in [2.75, 3.05) is 6.61 Å². The van der Waals surface area contributed by atoms with Gasteiger partial charge in [0.15, 0.2) is 0 Å². The van der Waals surface area contributed by atoms with Crippen LogP contribution in [0, 0.1) is 11.8 Å². The fourth-order valence-corrected chi connectivity index (χ4v) is 2.89. The summed E-state index contributed by atoms with van der Waals surface area (Å²) in [7, 11) is 0. The molecule has 0 fully saturated rings. The molecule has 1 aliphatic carbocycles. The molecule has 1 aliphatic rings. The Morgan fingerprint density at radius 1 is 1.05 bits per heavy atom. The summed E-state index contributed by atoms with van der Waals surface area (Å²) >= 11 is 0. The molecule has 0 amide bonds. The van der Waals surface area contributed by atoms with E-state index in [1.807, 2.05) is 0 Å². The second-order valence-electron chi connectivity index (χ2n) is 6.80. The van der Waals surface area contributed by atoms with Crippen LogP contribution in [0.25, 0.3) is 0 Å². The summed E-state index contributed by atoms with van der Waals surface area (Å²) in [5, 5.41) is 8.79. The Labute approximate surface area is 117 Å². The first-order valence-corrected chi connectivity index (χ1v) is 7.11. The maximum Gasteiger partial charge on any atom is 0.0540 e. The Morgan fingerprint density at radius 2 is 1.68 bits per heavy atom. The topological polar surface area (TPSA) is 20.2 Å². The number of fused-ring (bicyclic) bond motifs is 1. The van der Waals surface area contributed by atoms with Crippen molar-refractivity contribution in [2.45, 2.75) is 57.8 Å². The smallest absolute Gasteiger partial charge is 0.0540 e. The minimum absolute atomic E-state index is 0.135. The molecule has 1 aromatic rings. The van der Waals surface area contributed by atoms with Crippen LogP contribution in [0.15, 0.2) is 18.2 Å². The quantitative estimate of drug-likeness (QED) is 0.758. The molecule has 0 atom stereocenters. The zero-order valence-corrected chi connectivity index (χ0v) is 12.5. The van der Waals surface area contributed by atoms with Gasteiger partial charge in [-0.2, -0.15) is 0 Å². The second-order valence-corrected chi connectivity index (χ2v) is 6.80. The third kappa shape index (κ3) is 2.85. The van der Waals surface area contributed by atoms with Crippen molar-refractivity contribution in [2.24, 2.45) is 0 Å². The molecule has 19 heavy (non-hydrogen) atoms. The van der Waals surface area contributed by atoms with Gasteiger partial charge >= 0.3 is 0 Å². The standard InChI is InChI=1S/C18H24O/c1-17(2)10-11-18(3,4)16-13-14(7-5-6-12-19)8-9-15(16)17/h8-9,13,19H,6,10-12H2,1-4H3. The van der Waals surface area contributed by atoms with Gasteiger partial charge in [-0.1, -0.05) is 45.6 Å². The number of hydrogen-bond acceptors (Lipinski definition) is 1. The number of aliphatic hydroxyl groups excluding tert-OH is 1. The van der Waals surface area contributed by atoms with Crippen molar-refractivity contribution in [3.8, 4) is 11.8 Å². The first-order valence-electron chi connectivity index (χ1n) is 7.11. The van der Waals surface area contributed by atoms with Gasteiger partial charge in [-0.05, 0) is 46.9 Å². The molecule has 1 aromatic carbocycles. The van der Waals surface area contributed by atoms with E-state index in [-0.39, 0.29) is 17.4 Å². The van der Waals surface area contributed by atoms with Crippen molar-refractivity contribution < 1.29 is 5.11 Å². The predicted octanol–water partition coefficient (Wildman–Crippen LogP) is 3.77. The molecule has 1 heteroatoms. The lowest BCUT2D eigenvalue weighted by molar-refractivity contribution is 0.305. The Bertz CT molecular complexity index is 526. The summed E-state index contributed by atoms with van der Waals surface area (Å²) in [6, 6.07) is 6.62. The summed E-state index contributed by atoms with van der Waals surface area (Å²) in [5.41, 5.74) is 4.48. The van der Waals surface area contributed by atoms with Gasteiger partial charge in [0.1, 0.15) is 0 Å². The Balaban J connectivity index is 2.45. The van der Waals surface area contributed by atoms with Crippen molar-refractivity contribution >= 4 is 0 Å². The largest absolute Gasteiger partial charge is 0.395 e. The molecule has 0 aromatic heterocycles. The molecule has 0 unspecified atom stereocenters. The van der Waals surface area contributed by atoms with Gasteiger partial charge in [0.05, 0.1) is 6.61 Å². The summed E-state index contributed by atoms with van der Waals surface area (Å²) in [4.78, 5) is 0. The average molecular weight is 256 g/mol. The van der Waals surface area contributed by atoms with Crippen molar-refractivity contribution in [3.63, 3.8) is 0 Å².